The van der Waals surface area contributed by atoms with Gasteiger partial charge >= 0.3 is 0 Å². The van der Waals surface area contributed by atoms with Gasteiger partial charge in [-0.15, -0.1) is 0 Å². The topological polar surface area (TPSA) is 60.7 Å². The number of aliphatic hydroxyl groups is 3. The van der Waals surface area contributed by atoms with Crippen LogP contribution in [0.25, 0.3) is 0 Å². The lowest BCUT2D eigenvalue weighted by Gasteiger charge is -2.61. The first-order valence-corrected chi connectivity index (χ1v) is 13.3. The van der Waals surface area contributed by atoms with Crippen LogP contribution in [0, 0.1) is 52.3 Å². The highest BCUT2D eigenvalue weighted by atomic mass is 16.7. The maximum absolute atomic E-state index is 9.45. The lowest BCUT2D eigenvalue weighted by atomic mass is 9.44. The second-order valence-electron chi connectivity index (χ2n) is 12.7. The van der Waals surface area contributed by atoms with E-state index in [2.05, 4.69) is 27.4 Å². The Labute approximate surface area is 190 Å². The third kappa shape index (κ3) is 4.06. The van der Waals surface area contributed by atoms with E-state index in [4.69, 9.17) is 0 Å². The quantitative estimate of drug-likeness (QED) is 0.342. The standard InChI is InChI=1S/C28H48O3/c1-18(20(3)28(29,30)31)9-10-19(2)23-13-14-24-22-12-11-21-8-6-7-16-26(21,4)25(22)15-17-27(23,24)5/h18-19,21-25,29-31H,3,6-17H2,1-2,4-5H3/t18-,19-,21?,22+,23-,24+,25+,26+,27-/m1/s1. The van der Waals surface area contributed by atoms with E-state index in [-0.39, 0.29) is 11.5 Å². The minimum absolute atomic E-state index is 0.0929. The number of rotatable bonds is 6. The van der Waals surface area contributed by atoms with Crippen LogP contribution in [0.5, 0.6) is 0 Å². The Morgan fingerprint density at radius 2 is 1.58 bits per heavy atom. The largest absolute Gasteiger partial charge is 0.340 e. The molecule has 0 bridgehead atoms. The van der Waals surface area contributed by atoms with Crippen molar-refractivity contribution in [3.63, 3.8) is 0 Å². The van der Waals surface area contributed by atoms with Crippen molar-refractivity contribution in [3.8, 4) is 0 Å². The summed E-state index contributed by atoms with van der Waals surface area (Å²) >= 11 is 0. The molecule has 0 aromatic heterocycles. The van der Waals surface area contributed by atoms with Crippen molar-refractivity contribution in [2.75, 3.05) is 0 Å². The van der Waals surface area contributed by atoms with Gasteiger partial charge in [-0.3, -0.25) is 0 Å². The second kappa shape index (κ2) is 8.44. The molecule has 9 atom stereocenters. The van der Waals surface area contributed by atoms with Crippen LogP contribution in [0.4, 0.5) is 0 Å². The number of fused-ring (bicyclic) bond motifs is 5. The monoisotopic (exact) mass is 432 g/mol. The highest BCUT2D eigenvalue weighted by Gasteiger charge is 2.60. The molecule has 0 radical (unpaired) electrons. The lowest BCUT2D eigenvalue weighted by Crippen LogP contribution is -2.53. The van der Waals surface area contributed by atoms with Crippen LogP contribution >= 0.6 is 0 Å². The Morgan fingerprint density at radius 1 is 0.871 bits per heavy atom. The van der Waals surface area contributed by atoms with Gasteiger partial charge in [-0.2, -0.15) is 0 Å². The highest BCUT2D eigenvalue weighted by Crippen LogP contribution is 2.68. The van der Waals surface area contributed by atoms with E-state index < -0.39 is 5.97 Å². The predicted octanol–water partition coefficient (Wildman–Crippen LogP) is 6.27. The fourth-order valence-corrected chi connectivity index (χ4v) is 9.49. The Kier molecular flexibility index (Phi) is 6.47. The Hall–Kier alpha value is -0.380. The Bertz CT molecular complexity index is 666. The zero-order valence-corrected chi connectivity index (χ0v) is 20.6. The highest BCUT2D eigenvalue weighted by molar-refractivity contribution is 5.10. The summed E-state index contributed by atoms with van der Waals surface area (Å²) in [4.78, 5) is 0. The van der Waals surface area contributed by atoms with Crippen LogP contribution in [0.15, 0.2) is 12.2 Å². The molecule has 0 aromatic rings. The molecule has 4 aliphatic carbocycles. The molecule has 3 nitrogen and oxygen atoms in total. The van der Waals surface area contributed by atoms with E-state index in [0.717, 1.165) is 42.4 Å². The van der Waals surface area contributed by atoms with Gasteiger partial charge < -0.3 is 15.3 Å². The smallest absolute Gasteiger partial charge is 0.300 e. The minimum atomic E-state index is -2.75. The fraction of sp³-hybridized carbons (Fsp3) is 0.929. The summed E-state index contributed by atoms with van der Waals surface area (Å²) in [6.07, 6.45) is 16.4. The first kappa shape index (κ1) is 23.8. The summed E-state index contributed by atoms with van der Waals surface area (Å²) < 4.78 is 0. The summed E-state index contributed by atoms with van der Waals surface area (Å²) in [6.45, 7) is 13.4. The maximum atomic E-state index is 9.45. The molecule has 4 fully saturated rings. The first-order chi connectivity index (χ1) is 14.5. The molecular weight excluding hydrogens is 384 g/mol. The zero-order valence-electron chi connectivity index (χ0n) is 20.6. The van der Waals surface area contributed by atoms with Gasteiger partial charge in [0.1, 0.15) is 0 Å². The molecule has 0 amide bonds. The van der Waals surface area contributed by atoms with Crippen LogP contribution < -0.4 is 0 Å². The Balaban J connectivity index is 1.42. The average Bonchev–Trinajstić information content (AvgIpc) is 3.07. The van der Waals surface area contributed by atoms with Crippen molar-refractivity contribution in [3.05, 3.63) is 12.2 Å². The molecule has 0 aliphatic heterocycles. The third-order valence-electron chi connectivity index (χ3n) is 11.4. The van der Waals surface area contributed by atoms with E-state index in [1.165, 1.54) is 64.2 Å². The van der Waals surface area contributed by atoms with E-state index in [1.54, 1.807) is 0 Å². The summed E-state index contributed by atoms with van der Waals surface area (Å²) in [5.74, 6) is 2.39. The van der Waals surface area contributed by atoms with Crippen LogP contribution in [0.3, 0.4) is 0 Å². The molecule has 4 rings (SSSR count). The SMILES string of the molecule is C=C([C@H](C)CC[C@@H](C)[C@H]1CC[C@H]2[C@@H]3CCC4CCCC[C@]4(C)[C@H]3CC[C@]12C)C(O)(O)O. The van der Waals surface area contributed by atoms with E-state index in [0.29, 0.717) is 16.7 Å². The molecule has 3 heteroatoms. The predicted molar refractivity (Wildman–Crippen MR) is 126 cm³/mol. The molecule has 4 saturated carbocycles. The first-order valence-electron chi connectivity index (χ1n) is 13.3. The van der Waals surface area contributed by atoms with E-state index in [1.807, 2.05) is 6.92 Å². The van der Waals surface area contributed by atoms with Gasteiger partial charge in [0.2, 0.25) is 0 Å². The number of hydrogen-bond acceptors (Lipinski definition) is 3. The molecule has 0 spiro atoms. The van der Waals surface area contributed by atoms with Gasteiger partial charge in [0.05, 0.1) is 0 Å². The molecule has 1 unspecified atom stereocenters. The molecule has 0 aromatic carbocycles. The van der Waals surface area contributed by atoms with Crippen molar-refractivity contribution >= 4 is 0 Å². The second-order valence-corrected chi connectivity index (χ2v) is 12.7. The van der Waals surface area contributed by atoms with Gasteiger partial charge in [-0.05, 0) is 116 Å². The lowest BCUT2D eigenvalue weighted by molar-refractivity contribution is -0.285. The van der Waals surface area contributed by atoms with Gasteiger partial charge in [-0.1, -0.05) is 47.1 Å². The Morgan fingerprint density at radius 3 is 2.29 bits per heavy atom. The zero-order chi connectivity index (χ0) is 22.6. The fourth-order valence-electron chi connectivity index (χ4n) is 9.49. The summed E-state index contributed by atoms with van der Waals surface area (Å²) in [5.41, 5.74) is 1.22. The molecule has 31 heavy (non-hydrogen) atoms. The van der Waals surface area contributed by atoms with Crippen molar-refractivity contribution in [1.82, 2.24) is 0 Å². The summed E-state index contributed by atoms with van der Waals surface area (Å²) in [6, 6.07) is 0. The van der Waals surface area contributed by atoms with Gasteiger partial charge in [0.25, 0.3) is 5.97 Å². The van der Waals surface area contributed by atoms with Crippen molar-refractivity contribution in [1.29, 1.82) is 0 Å². The molecule has 0 saturated heterocycles. The van der Waals surface area contributed by atoms with Crippen molar-refractivity contribution in [2.45, 2.75) is 111 Å². The van der Waals surface area contributed by atoms with Gasteiger partial charge in [0.15, 0.2) is 0 Å². The van der Waals surface area contributed by atoms with Crippen LogP contribution in [0.1, 0.15) is 105 Å². The number of hydrogen-bond donors (Lipinski definition) is 3. The van der Waals surface area contributed by atoms with E-state index in [9.17, 15) is 15.3 Å². The third-order valence-corrected chi connectivity index (χ3v) is 11.4. The average molecular weight is 433 g/mol. The van der Waals surface area contributed by atoms with Gasteiger partial charge in [-0.25, -0.2) is 0 Å². The molecule has 4 aliphatic rings. The van der Waals surface area contributed by atoms with Crippen LogP contribution in [-0.2, 0) is 0 Å². The maximum Gasteiger partial charge on any atom is 0.300 e. The summed E-state index contributed by atoms with van der Waals surface area (Å²) in [5, 5.41) is 28.4. The molecular formula is C28H48O3. The van der Waals surface area contributed by atoms with Crippen molar-refractivity contribution < 1.29 is 15.3 Å². The summed E-state index contributed by atoms with van der Waals surface area (Å²) in [7, 11) is 0. The van der Waals surface area contributed by atoms with E-state index >= 15 is 0 Å². The van der Waals surface area contributed by atoms with Gasteiger partial charge in [0, 0.05) is 5.57 Å². The molecule has 3 N–H and O–H groups in total. The van der Waals surface area contributed by atoms with Crippen LogP contribution in [-0.4, -0.2) is 21.3 Å². The van der Waals surface area contributed by atoms with Crippen LogP contribution in [0.2, 0.25) is 0 Å². The van der Waals surface area contributed by atoms with Crippen molar-refractivity contribution in [2.24, 2.45) is 52.3 Å². The normalized spacial score (nSPS) is 44.7. The molecule has 0 heterocycles. The molecule has 178 valence electrons. The minimum Gasteiger partial charge on any atom is -0.340 e.